The normalized spacial score (nSPS) is 28.4. The molecule has 3 heterocycles. The second kappa shape index (κ2) is 12.7. The fourth-order valence-corrected chi connectivity index (χ4v) is 7.99. The molecule has 0 radical (unpaired) electrons. The third-order valence-electron chi connectivity index (χ3n) is 9.50. The van der Waals surface area contributed by atoms with Gasteiger partial charge in [0.2, 0.25) is 21.8 Å². The number of oxazole rings is 1. The highest BCUT2D eigenvalue weighted by atomic mass is 32.2. The second-order valence-electron chi connectivity index (χ2n) is 13.0. The zero-order chi connectivity index (χ0) is 32.6. The van der Waals surface area contributed by atoms with Crippen LogP contribution in [-0.4, -0.2) is 71.5 Å². The summed E-state index contributed by atoms with van der Waals surface area (Å²) in [6.45, 7) is 0.0984. The monoisotopic (exact) mass is 661 g/mol. The van der Waals surface area contributed by atoms with E-state index in [9.17, 15) is 22.8 Å². The number of rotatable bonds is 7. The topological polar surface area (TPSA) is 160 Å². The van der Waals surface area contributed by atoms with E-state index in [1.807, 2.05) is 54.6 Å². The Bertz CT molecular complexity index is 1760. The van der Waals surface area contributed by atoms with Crippen LogP contribution < -0.4 is 20.1 Å². The highest BCUT2D eigenvalue weighted by Gasteiger charge is 2.62. The number of benzene rings is 2. The number of allylic oxidation sites excluding steroid dienone is 1. The van der Waals surface area contributed by atoms with Crippen LogP contribution in [0.1, 0.15) is 57.8 Å². The molecule has 13 heteroatoms. The molecule has 3 aromatic rings. The second-order valence-corrected chi connectivity index (χ2v) is 15.0. The summed E-state index contributed by atoms with van der Waals surface area (Å²) in [6.07, 6.45) is 8.65. The van der Waals surface area contributed by atoms with Crippen LogP contribution in [0.25, 0.3) is 11.1 Å². The summed E-state index contributed by atoms with van der Waals surface area (Å²) in [5, 5.41) is 5.70. The highest BCUT2D eigenvalue weighted by molar-refractivity contribution is 7.91. The number of anilines is 1. The molecule has 248 valence electrons. The van der Waals surface area contributed by atoms with Gasteiger partial charge in [-0.15, -0.1) is 0 Å². The molecule has 0 bridgehead atoms. The maximum Gasteiger partial charge on any atom is 0.394 e. The summed E-state index contributed by atoms with van der Waals surface area (Å²) in [5.74, 6) is -1.90. The van der Waals surface area contributed by atoms with Crippen molar-refractivity contribution in [1.29, 1.82) is 0 Å². The summed E-state index contributed by atoms with van der Waals surface area (Å²) in [6, 6.07) is 15.1. The molecular formula is C34H39N5O7S. The van der Waals surface area contributed by atoms with E-state index in [1.54, 1.807) is 12.1 Å². The van der Waals surface area contributed by atoms with Crippen molar-refractivity contribution in [2.45, 2.75) is 86.8 Å². The predicted molar refractivity (Wildman–Crippen MR) is 174 cm³/mol. The van der Waals surface area contributed by atoms with Crippen molar-refractivity contribution in [3.05, 3.63) is 66.7 Å². The number of nitrogens with one attached hydrogen (secondary N) is 3. The minimum absolute atomic E-state index is 0.0410. The number of hydrogen-bond donors (Lipinski definition) is 3. The van der Waals surface area contributed by atoms with Gasteiger partial charge in [-0.3, -0.25) is 19.1 Å². The number of amides is 3. The van der Waals surface area contributed by atoms with Gasteiger partial charge in [-0.05, 0) is 62.8 Å². The smallest absolute Gasteiger partial charge is 0.394 e. The Morgan fingerprint density at radius 3 is 2.60 bits per heavy atom. The molecule has 3 fully saturated rings. The molecule has 0 unspecified atom stereocenters. The fourth-order valence-electron chi connectivity index (χ4n) is 6.63. The SMILES string of the molecule is O=C1N[C@]2(C(=O)NS(=O)(=O)C3CC3)C[C@H]2C=CCCCCC[C@H](Nc2ccccc2)C(=O)N2C[C@H](Oc3nc4ccccc4o3)C[C@@H]12. The average Bonchev–Trinajstić information content (AvgIpc) is 3.95. The van der Waals surface area contributed by atoms with Crippen molar-refractivity contribution < 1.29 is 32.0 Å². The van der Waals surface area contributed by atoms with E-state index in [0.717, 1.165) is 31.4 Å². The quantitative estimate of drug-likeness (QED) is 0.321. The predicted octanol–water partition coefficient (Wildman–Crippen LogP) is 3.66. The third-order valence-corrected chi connectivity index (χ3v) is 11.3. The molecule has 3 N–H and O–H groups in total. The number of fused-ring (bicyclic) bond motifs is 3. The maximum atomic E-state index is 14.3. The molecule has 2 aliphatic heterocycles. The van der Waals surface area contributed by atoms with Crippen LogP contribution in [0.2, 0.25) is 0 Å². The van der Waals surface area contributed by atoms with Crippen molar-refractivity contribution in [2.24, 2.45) is 5.92 Å². The van der Waals surface area contributed by atoms with E-state index in [-0.39, 0.29) is 37.3 Å². The van der Waals surface area contributed by atoms with Gasteiger partial charge in [0.15, 0.2) is 5.58 Å². The Labute approximate surface area is 273 Å². The molecule has 1 aromatic heterocycles. The third kappa shape index (κ3) is 6.71. The Morgan fingerprint density at radius 2 is 1.81 bits per heavy atom. The molecule has 2 saturated carbocycles. The summed E-state index contributed by atoms with van der Waals surface area (Å²) < 4.78 is 39.6. The molecule has 5 atom stereocenters. The zero-order valence-corrected chi connectivity index (χ0v) is 26.8. The summed E-state index contributed by atoms with van der Waals surface area (Å²) in [4.78, 5) is 48.0. The van der Waals surface area contributed by atoms with Crippen LogP contribution in [0.5, 0.6) is 6.08 Å². The fraction of sp³-hybridized carbons (Fsp3) is 0.471. The molecule has 3 amide bonds. The van der Waals surface area contributed by atoms with Crippen molar-refractivity contribution in [2.75, 3.05) is 11.9 Å². The average molecular weight is 662 g/mol. The number of aromatic nitrogens is 1. The molecule has 47 heavy (non-hydrogen) atoms. The first-order valence-corrected chi connectivity index (χ1v) is 18.0. The van der Waals surface area contributed by atoms with Crippen molar-refractivity contribution in [3.8, 4) is 6.08 Å². The number of para-hydroxylation sites is 3. The zero-order valence-electron chi connectivity index (χ0n) is 26.0. The number of ether oxygens (including phenoxy) is 1. The van der Waals surface area contributed by atoms with Crippen LogP contribution in [0, 0.1) is 5.92 Å². The number of hydrogen-bond acceptors (Lipinski definition) is 9. The Hall–Kier alpha value is -4.39. The standard InChI is InChI=1S/C34H39N5O7S/c40-30-28-19-24(45-33-36-26-14-9-10-16-29(26)46-33)21-39(28)31(41)27(35-23-12-6-4-7-13-23)15-8-3-1-2-5-11-22-20-34(22,37-30)32(42)38-47(43,44)25-17-18-25/h4-7,9-14,16,22,24-25,27-28,35H,1-3,8,15,17-21H2,(H,37,40)(H,38,42)/t22-,24-,27+,28+,34-/m1/s1. The van der Waals surface area contributed by atoms with E-state index in [2.05, 4.69) is 20.3 Å². The maximum absolute atomic E-state index is 14.3. The first-order valence-electron chi connectivity index (χ1n) is 16.4. The van der Waals surface area contributed by atoms with E-state index < -0.39 is 50.8 Å². The van der Waals surface area contributed by atoms with Gasteiger partial charge < -0.3 is 24.7 Å². The van der Waals surface area contributed by atoms with Crippen molar-refractivity contribution in [3.63, 3.8) is 0 Å². The molecule has 7 rings (SSSR count). The first kappa shape index (κ1) is 31.2. The number of sulfonamides is 1. The van der Waals surface area contributed by atoms with E-state index in [1.165, 1.54) is 4.90 Å². The highest BCUT2D eigenvalue weighted by Crippen LogP contribution is 2.46. The summed E-state index contributed by atoms with van der Waals surface area (Å²) >= 11 is 0. The van der Waals surface area contributed by atoms with Gasteiger partial charge in [0.1, 0.15) is 29.2 Å². The van der Waals surface area contributed by atoms with Crippen LogP contribution in [0.15, 0.2) is 71.2 Å². The lowest BCUT2D eigenvalue weighted by Gasteiger charge is -2.30. The van der Waals surface area contributed by atoms with Crippen LogP contribution in [0.4, 0.5) is 5.69 Å². The lowest BCUT2D eigenvalue weighted by molar-refractivity contribution is -0.140. The summed E-state index contributed by atoms with van der Waals surface area (Å²) in [5.41, 5.74) is 0.543. The number of nitrogens with zero attached hydrogens (tertiary/aromatic N) is 2. The number of carbonyl (C=O) groups is 3. The molecule has 4 aliphatic rings. The van der Waals surface area contributed by atoms with Gasteiger partial charge in [0.25, 0.3) is 5.91 Å². The molecule has 2 aromatic carbocycles. The van der Waals surface area contributed by atoms with Gasteiger partial charge >= 0.3 is 6.08 Å². The van der Waals surface area contributed by atoms with Crippen LogP contribution >= 0.6 is 0 Å². The summed E-state index contributed by atoms with van der Waals surface area (Å²) in [7, 11) is -3.83. The lowest BCUT2D eigenvalue weighted by atomic mass is 10.0. The Kier molecular flexibility index (Phi) is 8.41. The minimum Gasteiger partial charge on any atom is -0.445 e. The molecule has 1 saturated heterocycles. The Balaban J connectivity index is 1.18. The van der Waals surface area contributed by atoms with Gasteiger partial charge in [-0.1, -0.05) is 55.3 Å². The molecule has 0 spiro atoms. The lowest BCUT2D eigenvalue weighted by Crippen LogP contribution is -2.57. The van der Waals surface area contributed by atoms with Crippen molar-refractivity contribution in [1.82, 2.24) is 19.9 Å². The van der Waals surface area contributed by atoms with Crippen molar-refractivity contribution >= 4 is 44.5 Å². The van der Waals surface area contributed by atoms with Crippen LogP contribution in [-0.2, 0) is 24.4 Å². The minimum atomic E-state index is -3.83. The van der Waals surface area contributed by atoms with E-state index in [4.69, 9.17) is 9.15 Å². The first-order chi connectivity index (χ1) is 22.7. The molecule has 12 nitrogen and oxygen atoms in total. The Morgan fingerprint density at radius 1 is 1.02 bits per heavy atom. The molecule has 2 aliphatic carbocycles. The largest absolute Gasteiger partial charge is 0.445 e. The van der Waals surface area contributed by atoms with Gasteiger partial charge in [-0.2, -0.15) is 4.98 Å². The van der Waals surface area contributed by atoms with Gasteiger partial charge in [-0.25, -0.2) is 8.42 Å². The van der Waals surface area contributed by atoms with Gasteiger partial charge in [0, 0.05) is 18.0 Å². The van der Waals surface area contributed by atoms with E-state index >= 15 is 0 Å². The van der Waals surface area contributed by atoms with Gasteiger partial charge in [0.05, 0.1) is 11.8 Å². The molecular weight excluding hydrogens is 622 g/mol. The van der Waals surface area contributed by atoms with Crippen LogP contribution in [0.3, 0.4) is 0 Å². The van der Waals surface area contributed by atoms with E-state index in [0.29, 0.717) is 30.4 Å². The number of carbonyl (C=O) groups excluding carboxylic acids is 3.